The molecule has 2 atom stereocenters. The normalized spacial score (nSPS) is 15.6. The van der Waals surface area contributed by atoms with Crippen LogP contribution in [0.1, 0.15) is 35.8 Å². The summed E-state index contributed by atoms with van der Waals surface area (Å²) in [5.74, 6) is 1.57. The zero-order valence-corrected chi connectivity index (χ0v) is 12.9. The molecule has 1 heterocycles. The molecule has 4 nitrogen and oxygen atoms in total. The van der Waals surface area contributed by atoms with Gasteiger partial charge in [0.15, 0.2) is 11.5 Å². The Kier molecular flexibility index (Phi) is 4.32. The molecule has 4 heteroatoms. The first-order valence-corrected chi connectivity index (χ1v) is 7.51. The Morgan fingerprint density at radius 2 is 1.91 bits per heavy atom. The number of aliphatic hydroxyl groups is 1. The number of hydrogen-bond donors (Lipinski definition) is 2. The van der Waals surface area contributed by atoms with Gasteiger partial charge in [-0.05, 0) is 37.1 Å². The maximum Gasteiger partial charge on any atom is 0.231 e. The Balaban J connectivity index is 1.61. The average molecular weight is 299 g/mol. The molecule has 0 fully saturated rings. The fourth-order valence-corrected chi connectivity index (χ4v) is 2.58. The molecule has 0 saturated heterocycles. The zero-order chi connectivity index (χ0) is 15.5. The van der Waals surface area contributed by atoms with Crippen molar-refractivity contribution in [1.29, 1.82) is 0 Å². The predicted molar refractivity (Wildman–Crippen MR) is 85.1 cm³/mol. The maximum atomic E-state index is 10.3. The Bertz CT molecular complexity index is 657. The summed E-state index contributed by atoms with van der Waals surface area (Å²) < 4.78 is 10.7. The number of fused-ring (bicyclic) bond motifs is 1. The van der Waals surface area contributed by atoms with Crippen LogP contribution in [0.15, 0.2) is 42.5 Å². The van der Waals surface area contributed by atoms with E-state index < -0.39 is 6.10 Å². The van der Waals surface area contributed by atoms with Gasteiger partial charge in [0, 0.05) is 12.6 Å². The Hall–Kier alpha value is -2.04. The van der Waals surface area contributed by atoms with Crippen LogP contribution in [0, 0.1) is 6.92 Å². The average Bonchev–Trinajstić information content (AvgIpc) is 2.99. The van der Waals surface area contributed by atoms with Crippen molar-refractivity contribution in [3.05, 3.63) is 59.2 Å². The molecule has 1 aliphatic heterocycles. The van der Waals surface area contributed by atoms with E-state index in [1.807, 2.05) is 49.4 Å². The van der Waals surface area contributed by atoms with E-state index in [4.69, 9.17) is 9.47 Å². The molecule has 0 radical (unpaired) electrons. The van der Waals surface area contributed by atoms with Crippen LogP contribution in [0.25, 0.3) is 0 Å². The first-order chi connectivity index (χ1) is 10.6. The van der Waals surface area contributed by atoms with Crippen LogP contribution in [0.2, 0.25) is 0 Å². The summed E-state index contributed by atoms with van der Waals surface area (Å²) in [5, 5.41) is 13.6. The SMILES string of the molecule is Cc1cccc(C(O)CNC(C)c2ccc3c(c2)OCO3)c1. The van der Waals surface area contributed by atoms with Gasteiger partial charge in [0.2, 0.25) is 6.79 Å². The van der Waals surface area contributed by atoms with E-state index >= 15 is 0 Å². The van der Waals surface area contributed by atoms with Gasteiger partial charge in [-0.2, -0.15) is 0 Å². The summed E-state index contributed by atoms with van der Waals surface area (Å²) in [7, 11) is 0. The third kappa shape index (κ3) is 3.24. The number of aliphatic hydroxyl groups excluding tert-OH is 1. The minimum absolute atomic E-state index is 0.119. The van der Waals surface area contributed by atoms with E-state index in [2.05, 4.69) is 12.2 Å². The summed E-state index contributed by atoms with van der Waals surface area (Å²) in [6.07, 6.45) is -0.517. The highest BCUT2D eigenvalue weighted by atomic mass is 16.7. The lowest BCUT2D eigenvalue weighted by atomic mass is 10.0. The van der Waals surface area contributed by atoms with E-state index in [9.17, 15) is 5.11 Å². The van der Waals surface area contributed by atoms with Crippen molar-refractivity contribution in [1.82, 2.24) is 5.32 Å². The van der Waals surface area contributed by atoms with E-state index in [-0.39, 0.29) is 12.8 Å². The summed E-state index contributed by atoms with van der Waals surface area (Å²) in [6.45, 7) is 4.88. The monoisotopic (exact) mass is 299 g/mol. The molecule has 2 aromatic carbocycles. The first-order valence-electron chi connectivity index (χ1n) is 7.51. The molecule has 0 spiro atoms. The fourth-order valence-electron chi connectivity index (χ4n) is 2.58. The Morgan fingerprint density at radius 1 is 1.09 bits per heavy atom. The second-order valence-electron chi connectivity index (χ2n) is 5.67. The highest BCUT2D eigenvalue weighted by Crippen LogP contribution is 2.34. The summed E-state index contributed by atoms with van der Waals surface area (Å²) in [6, 6.07) is 14.0. The highest BCUT2D eigenvalue weighted by molar-refractivity contribution is 5.45. The van der Waals surface area contributed by atoms with Crippen molar-refractivity contribution < 1.29 is 14.6 Å². The minimum atomic E-state index is -0.517. The molecule has 0 amide bonds. The van der Waals surface area contributed by atoms with Crippen molar-refractivity contribution >= 4 is 0 Å². The van der Waals surface area contributed by atoms with Crippen molar-refractivity contribution in [3.63, 3.8) is 0 Å². The molecule has 22 heavy (non-hydrogen) atoms. The number of hydrogen-bond acceptors (Lipinski definition) is 4. The smallest absolute Gasteiger partial charge is 0.231 e. The number of ether oxygens (including phenoxy) is 2. The largest absolute Gasteiger partial charge is 0.454 e. The molecule has 0 saturated carbocycles. The van der Waals surface area contributed by atoms with E-state index in [1.165, 1.54) is 0 Å². The van der Waals surface area contributed by atoms with Crippen LogP contribution < -0.4 is 14.8 Å². The minimum Gasteiger partial charge on any atom is -0.454 e. The quantitative estimate of drug-likeness (QED) is 0.890. The highest BCUT2D eigenvalue weighted by Gasteiger charge is 2.16. The molecular weight excluding hydrogens is 278 g/mol. The topological polar surface area (TPSA) is 50.7 Å². The second kappa shape index (κ2) is 6.38. The fraction of sp³-hybridized carbons (Fsp3) is 0.333. The van der Waals surface area contributed by atoms with Crippen LogP contribution in [0.3, 0.4) is 0 Å². The van der Waals surface area contributed by atoms with Gasteiger partial charge in [-0.1, -0.05) is 35.9 Å². The van der Waals surface area contributed by atoms with Gasteiger partial charge in [-0.15, -0.1) is 0 Å². The number of aryl methyl sites for hydroxylation is 1. The maximum absolute atomic E-state index is 10.3. The van der Waals surface area contributed by atoms with Gasteiger partial charge in [0.05, 0.1) is 6.10 Å². The van der Waals surface area contributed by atoms with Crippen LogP contribution in [-0.2, 0) is 0 Å². The van der Waals surface area contributed by atoms with Crippen molar-refractivity contribution in [2.75, 3.05) is 13.3 Å². The molecule has 1 aliphatic rings. The number of benzene rings is 2. The molecule has 3 rings (SSSR count). The Labute approximate surface area is 130 Å². The van der Waals surface area contributed by atoms with Gasteiger partial charge in [0.1, 0.15) is 0 Å². The number of rotatable bonds is 5. The van der Waals surface area contributed by atoms with Gasteiger partial charge < -0.3 is 19.9 Å². The van der Waals surface area contributed by atoms with Crippen LogP contribution >= 0.6 is 0 Å². The van der Waals surface area contributed by atoms with E-state index in [0.717, 1.165) is 28.2 Å². The molecule has 0 aliphatic carbocycles. The van der Waals surface area contributed by atoms with Gasteiger partial charge in [0.25, 0.3) is 0 Å². The van der Waals surface area contributed by atoms with Crippen LogP contribution in [0.5, 0.6) is 11.5 Å². The molecule has 0 bridgehead atoms. The van der Waals surface area contributed by atoms with Gasteiger partial charge >= 0.3 is 0 Å². The summed E-state index contributed by atoms with van der Waals surface area (Å²) in [5.41, 5.74) is 3.20. The standard InChI is InChI=1S/C18H21NO3/c1-12-4-3-5-15(8-12)16(20)10-19-13(2)14-6-7-17-18(9-14)22-11-21-17/h3-9,13,16,19-20H,10-11H2,1-2H3. The molecule has 2 aromatic rings. The lowest BCUT2D eigenvalue weighted by molar-refractivity contribution is 0.170. The zero-order valence-electron chi connectivity index (χ0n) is 12.9. The first kappa shape index (κ1) is 14.9. The summed E-state index contributed by atoms with van der Waals surface area (Å²) in [4.78, 5) is 0. The van der Waals surface area contributed by atoms with Gasteiger partial charge in [-0.25, -0.2) is 0 Å². The molecular formula is C18H21NO3. The third-order valence-corrected chi connectivity index (χ3v) is 3.94. The van der Waals surface area contributed by atoms with Crippen LogP contribution in [-0.4, -0.2) is 18.4 Å². The lowest BCUT2D eigenvalue weighted by Crippen LogP contribution is -2.24. The van der Waals surface area contributed by atoms with E-state index in [0.29, 0.717) is 6.54 Å². The molecule has 116 valence electrons. The summed E-state index contributed by atoms with van der Waals surface area (Å²) >= 11 is 0. The van der Waals surface area contributed by atoms with E-state index in [1.54, 1.807) is 0 Å². The molecule has 0 aromatic heterocycles. The van der Waals surface area contributed by atoms with Gasteiger partial charge in [-0.3, -0.25) is 0 Å². The van der Waals surface area contributed by atoms with Crippen molar-refractivity contribution in [2.45, 2.75) is 26.0 Å². The van der Waals surface area contributed by atoms with Crippen molar-refractivity contribution in [2.24, 2.45) is 0 Å². The van der Waals surface area contributed by atoms with Crippen molar-refractivity contribution in [3.8, 4) is 11.5 Å². The van der Waals surface area contributed by atoms with Crippen LogP contribution in [0.4, 0.5) is 0 Å². The predicted octanol–water partition coefficient (Wildman–Crippen LogP) is 3.11. The second-order valence-corrected chi connectivity index (χ2v) is 5.67. The lowest BCUT2D eigenvalue weighted by Gasteiger charge is -2.18. The Morgan fingerprint density at radius 3 is 2.73 bits per heavy atom. The third-order valence-electron chi connectivity index (χ3n) is 3.94. The molecule has 2 unspecified atom stereocenters. The molecule has 2 N–H and O–H groups in total. The number of nitrogens with one attached hydrogen (secondary N) is 1.